The van der Waals surface area contributed by atoms with Crippen LogP contribution in [0.3, 0.4) is 0 Å². The number of rotatable bonds is 4. The fourth-order valence-corrected chi connectivity index (χ4v) is 2.06. The van der Waals surface area contributed by atoms with Gasteiger partial charge < -0.3 is 14.8 Å². The number of halogens is 1. The van der Waals surface area contributed by atoms with Gasteiger partial charge in [-0.15, -0.1) is 0 Å². The van der Waals surface area contributed by atoms with Crippen molar-refractivity contribution in [3.05, 3.63) is 28.7 Å². The molecule has 0 radical (unpaired) electrons. The van der Waals surface area contributed by atoms with E-state index in [0.717, 1.165) is 30.5 Å². The lowest BCUT2D eigenvalue weighted by atomic mass is 10.1. The van der Waals surface area contributed by atoms with E-state index in [1.54, 1.807) is 0 Å². The predicted molar refractivity (Wildman–Crippen MR) is 71.6 cm³/mol. The van der Waals surface area contributed by atoms with Gasteiger partial charge in [0.15, 0.2) is 6.61 Å². The van der Waals surface area contributed by atoms with Crippen LogP contribution in [0.2, 0.25) is 0 Å². The first-order chi connectivity index (χ1) is 8.74. The molecule has 0 spiro atoms. The minimum absolute atomic E-state index is 0.0546. The molecule has 18 heavy (non-hydrogen) atoms. The summed E-state index contributed by atoms with van der Waals surface area (Å²) in [6.45, 7) is 1.50. The Labute approximate surface area is 115 Å². The molecule has 1 aliphatic rings. The zero-order valence-electron chi connectivity index (χ0n) is 10.0. The van der Waals surface area contributed by atoms with E-state index in [9.17, 15) is 4.79 Å². The van der Waals surface area contributed by atoms with Gasteiger partial charge in [-0.1, -0.05) is 15.9 Å². The van der Waals surface area contributed by atoms with E-state index in [2.05, 4.69) is 21.2 Å². The van der Waals surface area contributed by atoms with Crippen molar-refractivity contribution in [1.82, 2.24) is 5.32 Å². The van der Waals surface area contributed by atoms with Crippen molar-refractivity contribution in [2.75, 3.05) is 19.8 Å². The van der Waals surface area contributed by atoms with E-state index in [4.69, 9.17) is 9.47 Å². The Balaban J connectivity index is 1.72. The van der Waals surface area contributed by atoms with Gasteiger partial charge in [0.2, 0.25) is 0 Å². The van der Waals surface area contributed by atoms with Gasteiger partial charge in [0.05, 0.1) is 0 Å². The third kappa shape index (κ3) is 4.31. The summed E-state index contributed by atoms with van der Waals surface area (Å²) < 4.78 is 11.6. The fraction of sp³-hybridized carbons (Fsp3) is 0.462. The van der Waals surface area contributed by atoms with E-state index in [-0.39, 0.29) is 18.6 Å². The molecule has 0 aromatic heterocycles. The molecule has 1 N–H and O–H groups in total. The molecule has 4 nitrogen and oxygen atoms in total. The fourth-order valence-electron chi connectivity index (χ4n) is 1.79. The molecule has 2 rings (SSSR count). The maximum atomic E-state index is 11.7. The standard InChI is InChI=1S/C13H16BrNO3/c14-10-1-3-12(4-2-10)18-9-13(16)15-11-5-7-17-8-6-11/h1-4,11H,5-9H2,(H,15,16). The zero-order valence-corrected chi connectivity index (χ0v) is 11.6. The maximum Gasteiger partial charge on any atom is 0.258 e. The van der Waals surface area contributed by atoms with Crippen LogP contribution >= 0.6 is 15.9 Å². The average molecular weight is 314 g/mol. The molecular formula is C13H16BrNO3. The SMILES string of the molecule is O=C(COc1ccc(Br)cc1)NC1CCOCC1. The highest BCUT2D eigenvalue weighted by Gasteiger charge is 2.16. The van der Waals surface area contributed by atoms with E-state index in [0.29, 0.717) is 5.75 Å². The van der Waals surface area contributed by atoms with Gasteiger partial charge in [0.25, 0.3) is 5.91 Å². The van der Waals surface area contributed by atoms with E-state index >= 15 is 0 Å². The highest BCUT2D eigenvalue weighted by Crippen LogP contribution is 2.15. The van der Waals surface area contributed by atoms with Gasteiger partial charge >= 0.3 is 0 Å². The summed E-state index contributed by atoms with van der Waals surface area (Å²) in [7, 11) is 0. The molecule has 0 aliphatic carbocycles. The van der Waals surface area contributed by atoms with Gasteiger partial charge in [0, 0.05) is 23.7 Å². The molecule has 0 unspecified atom stereocenters. The Kier molecular flexibility index (Phi) is 5.01. The van der Waals surface area contributed by atoms with Crippen LogP contribution in [0.1, 0.15) is 12.8 Å². The lowest BCUT2D eigenvalue weighted by Gasteiger charge is -2.23. The maximum absolute atomic E-state index is 11.7. The molecule has 1 heterocycles. The Hall–Kier alpha value is -1.07. The summed E-state index contributed by atoms with van der Waals surface area (Å²) in [5.41, 5.74) is 0. The molecule has 1 aliphatic heterocycles. The highest BCUT2D eigenvalue weighted by atomic mass is 79.9. The number of ether oxygens (including phenoxy) is 2. The minimum Gasteiger partial charge on any atom is -0.484 e. The number of nitrogens with one attached hydrogen (secondary N) is 1. The number of benzene rings is 1. The molecule has 1 fully saturated rings. The molecule has 1 aromatic rings. The highest BCUT2D eigenvalue weighted by molar-refractivity contribution is 9.10. The van der Waals surface area contributed by atoms with Crippen molar-refractivity contribution in [2.24, 2.45) is 0 Å². The van der Waals surface area contributed by atoms with Crippen molar-refractivity contribution in [2.45, 2.75) is 18.9 Å². The lowest BCUT2D eigenvalue weighted by Crippen LogP contribution is -2.41. The van der Waals surface area contributed by atoms with Crippen LogP contribution in [0.4, 0.5) is 0 Å². The van der Waals surface area contributed by atoms with Crippen molar-refractivity contribution in [1.29, 1.82) is 0 Å². The van der Waals surface area contributed by atoms with Crippen LogP contribution in [0.15, 0.2) is 28.7 Å². The van der Waals surface area contributed by atoms with Crippen LogP contribution in [0.5, 0.6) is 5.75 Å². The summed E-state index contributed by atoms with van der Waals surface area (Å²) in [5.74, 6) is 0.616. The minimum atomic E-state index is -0.0789. The summed E-state index contributed by atoms with van der Waals surface area (Å²) in [6, 6.07) is 7.63. The normalized spacial score (nSPS) is 16.3. The second-order valence-corrected chi connectivity index (χ2v) is 5.11. The van der Waals surface area contributed by atoms with Crippen LogP contribution in [-0.4, -0.2) is 31.8 Å². The zero-order chi connectivity index (χ0) is 12.8. The first-order valence-electron chi connectivity index (χ1n) is 5.99. The molecule has 0 atom stereocenters. The second-order valence-electron chi connectivity index (χ2n) is 4.20. The summed E-state index contributed by atoms with van der Waals surface area (Å²) in [6.07, 6.45) is 1.76. The van der Waals surface area contributed by atoms with Crippen LogP contribution < -0.4 is 10.1 Å². The predicted octanol–water partition coefficient (Wildman–Crippen LogP) is 2.12. The summed E-state index contributed by atoms with van der Waals surface area (Å²) >= 11 is 3.34. The Morgan fingerprint density at radius 1 is 1.33 bits per heavy atom. The van der Waals surface area contributed by atoms with Crippen molar-refractivity contribution < 1.29 is 14.3 Å². The molecule has 5 heteroatoms. The van der Waals surface area contributed by atoms with Gasteiger partial charge in [-0.3, -0.25) is 4.79 Å². The van der Waals surface area contributed by atoms with Crippen molar-refractivity contribution in [3.63, 3.8) is 0 Å². The van der Waals surface area contributed by atoms with E-state index in [1.807, 2.05) is 24.3 Å². The first-order valence-corrected chi connectivity index (χ1v) is 6.79. The number of amides is 1. The summed E-state index contributed by atoms with van der Waals surface area (Å²) in [5, 5.41) is 2.95. The largest absolute Gasteiger partial charge is 0.484 e. The molecule has 98 valence electrons. The quantitative estimate of drug-likeness (QED) is 0.926. The number of hydrogen-bond donors (Lipinski definition) is 1. The third-order valence-corrected chi connectivity index (χ3v) is 3.30. The molecule has 1 aromatic carbocycles. The molecule has 0 saturated carbocycles. The first kappa shape index (κ1) is 13.4. The Bertz CT molecular complexity index is 388. The second kappa shape index (κ2) is 6.75. The number of carbonyl (C=O) groups excluding carboxylic acids is 1. The average Bonchev–Trinajstić information content (AvgIpc) is 2.39. The van der Waals surface area contributed by atoms with Crippen LogP contribution in [0, 0.1) is 0 Å². The smallest absolute Gasteiger partial charge is 0.258 e. The molecule has 1 saturated heterocycles. The van der Waals surface area contributed by atoms with Crippen molar-refractivity contribution >= 4 is 21.8 Å². The molecule has 0 bridgehead atoms. The van der Waals surface area contributed by atoms with Gasteiger partial charge in [0.1, 0.15) is 5.75 Å². The van der Waals surface area contributed by atoms with Gasteiger partial charge in [-0.05, 0) is 37.1 Å². The lowest BCUT2D eigenvalue weighted by molar-refractivity contribution is -0.124. The Morgan fingerprint density at radius 2 is 2.00 bits per heavy atom. The van der Waals surface area contributed by atoms with Crippen LogP contribution in [-0.2, 0) is 9.53 Å². The van der Waals surface area contributed by atoms with Gasteiger partial charge in [-0.25, -0.2) is 0 Å². The number of carbonyl (C=O) groups is 1. The van der Waals surface area contributed by atoms with Gasteiger partial charge in [-0.2, -0.15) is 0 Å². The molecular weight excluding hydrogens is 298 g/mol. The monoisotopic (exact) mass is 313 g/mol. The van der Waals surface area contributed by atoms with E-state index < -0.39 is 0 Å². The van der Waals surface area contributed by atoms with Crippen molar-refractivity contribution in [3.8, 4) is 5.75 Å². The number of hydrogen-bond acceptors (Lipinski definition) is 3. The topological polar surface area (TPSA) is 47.6 Å². The van der Waals surface area contributed by atoms with E-state index in [1.165, 1.54) is 0 Å². The van der Waals surface area contributed by atoms with Crippen LogP contribution in [0.25, 0.3) is 0 Å². The Morgan fingerprint density at radius 3 is 2.67 bits per heavy atom. The molecule has 1 amide bonds. The summed E-state index contributed by atoms with van der Waals surface area (Å²) in [4.78, 5) is 11.7. The third-order valence-electron chi connectivity index (χ3n) is 2.77.